The summed E-state index contributed by atoms with van der Waals surface area (Å²) in [6.07, 6.45) is 1.49. The summed E-state index contributed by atoms with van der Waals surface area (Å²) in [5.74, 6) is -0.438. The Morgan fingerprint density at radius 2 is 1.81 bits per heavy atom. The zero-order valence-corrected chi connectivity index (χ0v) is 18.9. The van der Waals surface area contributed by atoms with E-state index in [0.717, 1.165) is 0 Å². The first-order valence-corrected chi connectivity index (χ1v) is 11.7. The lowest BCUT2D eigenvalue weighted by Crippen LogP contribution is -2.32. The lowest BCUT2D eigenvalue weighted by Gasteiger charge is -2.21. The first-order chi connectivity index (χ1) is 15.2. The predicted molar refractivity (Wildman–Crippen MR) is 124 cm³/mol. The van der Waals surface area contributed by atoms with E-state index in [4.69, 9.17) is 0 Å². The Hall–Kier alpha value is -3.28. The van der Waals surface area contributed by atoms with E-state index in [1.807, 2.05) is 26.0 Å². The summed E-state index contributed by atoms with van der Waals surface area (Å²) in [7, 11) is -3.65. The fraction of sp³-hybridized carbons (Fsp3) is 0.250. The Labute approximate surface area is 188 Å². The van der Waals surface area contributed by atoms with Crippen LogP contribution in [0, 0.1) is 17.1 Å². The minimum atomic E-state index is -3.65. The number of pyridine rings is 1. The number of nitriles is 1. The minimum Gasteiger partial charge on any atom is -0.371 e. The second kappa shape index (κ2) is 9.90. The van der Waals surface area contributed by atoms with Crippen molar-refractivity contribution in [3.8, 4) is 17.2 Å². The van der Waals surface area contributed by atoms with Crippen LogP contribution in [0.3, 0.4) is 0 Å². The van der Waals surface area contributed by atoms with Crippen molar-refractivity contribution in [3.05, 3.63) is 83.4 Å². The van der Waals surface area contributed by atoms with Gasteiger partial charge >= 0.3 is 0 Å². The van der Waals surface area contributed by atoms with E-state index in [2.05, 4.69) is 15.0 Å². The quantitative estimate of drug-likeness (QED) is 0.473. The van der Waals surface area contributed by atoms with Crippen LogP contribution in [0.4, 0.5) is 10.1 Å². The van der Waals surface area contributed by atoms with Gasteiger partial charge in [0, 0.05) is 17.4 Å². The molecule has 0 radical (unpaired) electrons. The molecule has 166 valence electrons. The van der Waals surface area contributed by atoms with Crippen molar-refractivity contribution in [2.24, 2.45) is 0 Å². The van der Waals surface area contributed by atoms with Gasteiger partial charge in [0.1, 0.15) is 17.6 Å². The molecule has 0 saturated carbocycles. The largest absolute Gasteiger partial charge is 0.371 e. The van der Waals surface area contributed by atoms with E-state index >= 15 is 0 Å². The molecule has 3 rings (SSSR count). The number of aromatic nitrogens is 1. The van der Waals surface area contributed by atoms with Gasteiger partial charge in [-0.25, -0.2) is 17.8 Å². The zero-order chi connectivity index (χ0) is 23.3. The summed E-state index contributed by atoms with van der Waals surface area (Å²) in [5.41, 5.74) is 3.34. The lowest BCUT2D eigenvalue weighted by atomic mass is 9.94. The Morgan fingerprint density at radius 3 is 2.47 bits per heavy atom. The maximum absolute atomic E-state index is 14.4. The fourth-order valence-corrected chi connectivity index (χ4v) is 4.46. The highest BCUT2D eigenvalue weighted by molar-refractivity contribution is 7.89. The number of anilines is 1. The molecule has 32 heavy (non-hydrogen) atoms. The van der Waals surface area contributed by atoms with Crippen LogP contribution in [0.1, 0.15) is 48.8 Å². The summed E-state index contributed by atoms with van der Waals surface area (Å²) < 4.78 is 42.6. The van der Waals surface area contributed by atoms with E-state index in [9.17, 15) is 18.1 Å². The molecule has 1 aromatic heterocycles. The molecule has 1 atom stereocenters. The predicted octanol–water partition coefficient (Wildman–Crippen LogP) is 4.93. The van der Waals surface area contributed by atoms with Crippen molar-refractivity contribution in [1.29, 1.82) is 5.26 Å². The second-order valence-electron chi connectivity index (χ2n) is 7.71. The molecule has 0 saturated heterocycles. The summed E-state index contributed by atoms with van der Waals surface area (Å²) in [6.45, 7) is 5.41. The smallest absolute Gasteiger partial charge is 0.219 e. The number of nitrogens with zero attached hydrogens (tertiary/aromatic N) is 2. The van der Waals surface area contributed by atoms with Gasteiger partial charge in [-0.15, -0.1) is 0 Å². The summed E-state index contributed by atoms with van der Waals surface area (Å²) in [4.78, 5) is 3.97. The highest BCUT2D eigenvalue weighted by Gasteiger charge is 2.22. The normalized spacial score (nSPS) is 12.4. The SMILES string of the molecule is CC(C)c1cc(F)cc(-c2ccnc(C#N)c2)c1NCNS(=O)(=O)C(C)c1ccccc1. The number of rotatable bonds is 8. The second-order valence-corrected chi connectivity index (χ2v) is 9.80. The van der Waals surface area contributed by atoms with Gasteiger partial charge in [-0.2, -0.15) is 9.98 Å². The first kappa shape index (κ1) is 23.4. The van der Waals surface area contributed by atoms with Gasteiger partial charge in [-0.3, -0.25) is 0 Å². The molecular weight excluding hydrogens is 427 g/mol. The molecule has 0 aliphatic carbocycles. The van der Waals surface area contributed by atoms with Crippen molar-refractivity contribution in [3.63, 3.8) is 0 Å². The van der Waals surface area contributed by atoms with Crippen molar-refractivity contribution in [2.75, 3.05) is 12.0 Å². The number of sulfonamides is 1. The van der Waals surface area contributed by atoms with Crippen LogP contribution in [0.15, 0.2) is 60.8 Å². The molecule has 0 fully saturated rings. The standard InChI is InChI=1S/C24H25FN4O2S/c1-16(2)22-12-20(25)13-23(19-9-10-27-21(11-19)14-26)24(22)28-15-29-32(30,31)17(3)18-7-5-4-6-8-18/h4-13,16-17,28-29H,15H2,1-3H3. The average molecular weight is 453 g/mol. The molecule has 0 spiro atoms. The van der Waals surface area contributed by atoms with Crippen LogP contribution >= 0.6 is 0 Å². The molecule has 0 aliphatic rings. The Morgan fingerprint density at radius 1 is 1.09 bits per heavy atom. The summed E-state index contributed by atoms with van der Waals surface area (Å²) in [5, 5.41) is 11.6. The van der Waals surface area contributed by atoms with E-state index < -0.39 is 21.1 Å². The average Bonchev–Trinajstić information content (AvgIpc) is 2.79. The molecule has 2 N–H and O–H groups in total. The van der Waals surface area contributed by atoms with Crippen LogP contribution < -0.4 is 10.0 Å². The number of hydrogen-bond donors (Lipinski definition) is 2. The van der Waals surface area contributed by atoms with Crippen molar-refractivity contribution < 1.29 is 12.8 Å². The van der Waals surface area contributed by atoms with Crippen LogP contribution in [-0.2, 0) is 10.0 Å². The molecule has 8 heteroatoms. The van der Waals surface area contributed by atoms with E-state index in [0.29, 0.717) is 27.9 Å². The van der Waals surface area contributed by atoms with Gasteiger partial charge in [0.05, 0.1) is 11.9 Å². The minimum absolute atomic E-state index is 0.0240. The third-order valence-electron chi connectivity index (χ3n) is 5.21. The van der Waals surface area contributed by atoms with Gasteiger partial charge in [-0.05, 0) is 53.8 Å². The van der Waals surface area contributed by atoms with Crippen LogP contribution in [0.5, 0.6) is 0 Å². The van der Waals surface area contributed by atoms with E-state index in [1.54, 1.807) is 43.3 Å². The Bertz CT molecular complexity index is 1240. The Kier molecular flexibility index (Phi) is 7.23. The number of nitrogens with one attached hydrogen (secondary N) is 2. The monoisotopic (exact) mass is 452 g/mol. The molecular formula is C24H25FN4O2S. The number of benzene rings is 2. The van der Waals surface area contributed by atoms with Crippen LogP contribution in [-0.4, -0.2) is 20.1 Å². The molecule has 0 aliphatic heterocycles. The zero-order valence-electron chi connectivity index (χ0n) is 18.1. The van der Waals surface area contributed by atoms with E-state index in [1.165, 1.54) is 18.3 Å². The third-order valence-corrected chi connectivity index (χ3v) is 6.96. The van der Waals surface area contributed by atoms with Gasteiger partial charge in [0.2, 0.25) is 10.0 Å². The van der Waals surface area contributed by atoms with Gasteiger partial charge in [-0.1, -0.05) is 44.2 Å². The molecule has 1 unspecified atom stereocenters. The van der Waals surface area contributed by atoms with Crippen molar-refractivity contribution in [2.45, 2.75) is 31.9 Å². The van der Waals surface area contributed by atoms with E-state index in [-0.39, 0.29) is 18.3 Å². The molecule has 2 aromatic carbocycles. The molecule has 0 amide bonds. The van der Waals surface area contributed by atoms with Gasteiger partial charge < -0.3 is 5.32 Å². The maximum atomic E-state index is 14.4. The highest BCUT2D eigenvalue weighted by atomic mass is 32.2. The Balaban J connectivity index is 1.91. The molecule has 3 aromatic rings. The van der Waals surface area contributed by atoms with Crippen LogP contribution in [0.2, 0.25) is 0 Å². The summed E-state index contributed by atoms with van der Waals surface area (Å²) >= 11 is 0. The first-order valence-electron chi connectivity index (χ1n) is 10.2. The fourth-order valence-electron chi connectivity index (χ4n) is 3.42. The molecule has 6 nitrogen and oxygen atoms in total. The van der Waals surface area contributed by atoms with Crippen molar-refractivity contribution >= 4 is 15.7 Å². The summed E-state index contributed by atoms with van der Waals surface area (Å²) in [6, 6.07) is 17.0. The maximum Gasteiger partial charge on any atom is 0.219 e. The topological polar surface area (TPSA) is 94.9 Å². The number of hydrogen-bond acceptors (Lipinski definition) is 5. The van der Waals surface area contributed by atoms with Gasteiger partial charge in [0.15, 0.2) is 0 Å². The molecule has 0 bridgehead atoms. The third kappa shape index (κ3) is 5.31. The highest BCUT2D eigenvalue weighted by Crippen LogP contribution is 2.36. The van der Waals surface area contributed by atoms with Gasteiger partial charge in [0.25, 0.3) is 0 Å². The lowest BCUT2D eigenvalue weighted by molar-refractivity contribution is 0.574. The van der Waals surface area contributed by atoms with Crippen molar-refractivity contribution in [1.82, 2.24) is 9.71 Å². The number of halogens is 1. The van der Waals surface area contributed by atoms with Crippen LogP contribution in [0.25, 0.3) is 11.1 Å². The molecule has 1 heterocycles.